The highest BCUT2D eigenvalue weighted by Gasteiger charge is 2.26. The van der Waals surface area contributed by atoms with Gasteiger partial charge in [0.25, 0.3) is 0 Å². The molecule has 0 fully saturated rings. The number of alkyl halides is 2. The minimum absolute atomic E-state index is 0.142. The first-order valence-electron chi connectivity index (χ1n) is 7.37. The van der Waals surface area contributed by atoms with E-state index >= 15 is 0 Å². The fraction of sp³-hybridized carbons (Fsp3) is 0.294. The SMILES string of the molecule is CC(C)(CI)c1cc(CI)cc(-n2nc3ccc(Cl)cc3n2)c1O. The van der Waals surface area contributed by atoms with Crippen molar-refractivity contribution in [3.63, 3.8) is 0 Å². The van der Waals surface area contributed by atoms with E-state index in [-0.39, 0.29) is 11.2 Å². The van der Waals surface area contributed by atoms with Crippen molar-refractivity contribution in [1.82, 2.24) is 15.0 Å². The molecule has 0 aliphatic carbocycles. The first-order chi connectivity index (χ1) is 11.4. The quantitative estimate of drug-likeness (QED) is 0.338. The molecule has 3 rings (SSSR count). The van der Waals surface area contributed by atoms with Crippen LogP contribution in [0.3, 0.4) is 0 Å². The molecule has 0 bridgehead atoms. The molecule has 0 aliphatic heterocycles. The van der Waals surface area contributed by atoms with Crippen LogP contribution in [-0.2, 0) is 9.84 Å². The standard InChI is InChI=1S/C17H16ClI2N3O/c1-17(2,9-20)12-5-10(8-19)6-15(16(12)24)23-21-13-4-3-11(18)7-14(13)22-23/h3-7,24H,8-9H2,1-2H3. The van der Waals surface area contributed by atoms with E-state index in [0.717, 1.165) is 25.5 Å². The lowest BCUT2D eigenvalue weighted by atomic mass is 9.85. The van der Waals surface area contributed by atoms with Crippen molar-refractivity contribution in [2.45, 2.75) is 23.7 Å². The van der Waals surface area contributed by atoms with Crippen LogP contribution in [0.2, 0.25) is 5.02 Å². The number of aromatic hydroxyl groups is 1. The third kappa shape index (κ3) is 3.37. The van der Waals surface area contributed by atoms with E-state index in [9.17, 15) is 5.11 Å². The number of fused-ring (bicyclic) bond motifs is 1. The maximum absolute atomic E-state index is 10.9. The van der Waals surface area contributed by atoms with Crippen LogP contribution in [0.4, 0.5) is 0 Å². The van der Waals surface area contributed by atoms with Gasteiger partial charge in [0.2, 0.25) is 0 Å². The van der Waals surface area contributed by atoms with Crippen LogP contribution in [-0.4, -0.2) is 24.5 Å². The van der Waals surface area contributed by atoms with E-state index in [1.54, 1.807) is 12.1 Å². The number of nitrogens with zero attached hydrogens (tertiary/aromatic N) is 3. The Balaban J connectivity index is 2.23. The maximum atomic E-state index is 10.9. The van der Waals surface area contributed by atoms with Gasteiger partial charge in [-0.2, -0.15) is 0 Å². The Morgan fingerprint density at radius 1 is 1.12 bits per heavy atom. The molecule has 0 unspecified atom stereocenters. The minimum Gasteiger partial charge on any atom is -0.505 e. The van der Waals surface area contributed by atoms with Gasteiger partial charge in [-0.3, -0.25) is 0 Å². The lowest BCUT2D eigenvalue weighted by Gasteiger charge is -2.25. The van der Waals surface area contributed by atoms with Crippen molar-refractivity contribution in [1.29, 1.82) is 0 Å². The van der Waals surface area contributed by atoms with E-state index < -0.39 is 0 Å². The topological polar surface area (TPSA) is 50.9 Å². The monoisotopic (exact) mass is 567 g/mol. The number of hydrogen-bond donors (Lipinski definition) is 1. The van der Waals surface area contributed by atoms with Gasteiger partial charge >= 0.3 is 0 Å². The van der Waals surface area contributed by atoms with Crippen LogP contribution in [0.25, 0.3) is 16.7 Å². The normalized spacial score (nSPS) is 12.0. The molecule has 1 aromatic heterocycles. The highest BCUT2D eigenvalue weighted by Crippen LogP contribution is 2.38. The number of benzene rings is 2. The van der Waals surface area contributed by atoms with Gasteiger partial charge in [0.05, 0.1) is 0 Å². The average Bonchev–Trinajstić information content (AvgIpc) is 2.97. The molecule has 4 nitrogen and oxygen atoms in total. The fourth-order valence-electron chi connectivity index (χ4n) is 2.49. The highest BCUT2D eigenvalue weighted by atomic mass is 127. The molecule has 0 spiro atoms. The van der Waals surface area contributed by atoms with Gasteiger partial charge in [-0.05, 0) is 29.8 Å². The molecule has 7 heteroatoms. The molecule has 3 aromatic rings. The van der Waals surface area contributed by atoms with Crippen LogP contribution in [0.15, 0.2) is 30.3 Å². The molecule has 0 saturated heterocycles. The zero-order valence-corrected chi connectivity index (χ0v) is 18.3. The first kappa shape index (κ1) is 18.2. The van der Waals surface area contributed by atoms with Gasteiger partial charge in [0.1, 0.15) is 22.5 Å². The molecule has 1 heterocycles. The third-order valence-electron chi connectivity index (χ3n) is 3.92. The Bertz CT molecular complexity index is 908. The Hall–Kier alpha value is -0.610. The molecular formula is C17H16ClI2N3O. The summed E-state index contributed by atoms with van der Waals surface area (Å²) in [6.07, 6.45) is 0. The molecule has 126 valence electrons. The number of hydrogen-bond acceptors (Lipinski definition) is 3. The predicted octanol–water partition coefficient (Wildman–Crippen LogP) is 5.43. The van der Waals surface area contributed by atoms with Crippen molar-refractivity contribution in [3.8, 4) is 11.4 Å². The summed E-state index contributed by atoms with van der Waals surface area (Å²) in [7, 11) is 0. The molecule has 0 atom stereocenters. The summed E-state index contributed by atoms with van der Waals surface area (Å²) in [5.41, 5.74) is 3.96. The van der Waals surface area contributed by atoms with Gasteiger partial charge in [-0.1, -0.05) is 76.7 Å². The Labute approximate surface area is 172 Å². The summed E-state index contributed by atoms with van der Waals surface area (Å²) in [6, 6.07) is 9.40. The summed E-state index contributed by atoms with van der Waals surface area (Å²) in [6.45, 7) is 4.25. The number of aromatic nitrogens is 3. The Morgan fingerprint density at radius 2 is 1.83 bits per heavy atom. The second-order valence-electron chi connectivity index (χ2n) is 6.28. The van der Waals surface area contributed by atoms with Gasteiger partial charge < -0.3 is 5.11 Å². The van der Waals surface area contributed by atoms with Crippen molar-refractivity contribution < 1.29 is 5.11 Å². The molecule has 1 N–H and O–H groups in total. The van der Waals surface area contributed by atoms with Crippen LogP contribution in [0.1, 0.15) is 25.0 Å². The molecule has 0 aliphatic rings. The van der Waals surface area contributed by atoms with Crippen LogP contribution in [0, 0.1) is 0 Å². The summed E-state index contributed by atoms with van der Waals surface area (Å²) >= 11 is 10.7. The molecule has 0 radical (unpaired) electrons. The minimum atomic E-state index is -0.142. The van der Waals surface area contributed by atoms with E-state index in [2.05, 4.69) is 75.3 Å². The second kappa shape index (κ2) is 6.95. The number of phenols is 1. The zero-order chi connectivity index (χ0) is 17.5. The molecule has 24 heavy (non-hydrogen) atoms. The van der Waals surface area contributed by atoms with Crippen LogP contribution in [0.5, 0.6) is 5.75 Å². The van der Waals surface area contributed by atoms with Gasteiger partial charge in [0.15, 0.2) is 0 Å². The largest absolute Gasteiger partial charge is 0.505 e. The number of halogens is 3. The predicted molar refractivity (Wildman–Crippen MR) is 115 cm³/mol. The van der Waals surface area contributed by atoms with E-state index in [1.807, 2.05) is 12.1 Å². The lowest BCUT2D eigenvalue weighted by Crippen LogP contribution is -2.20. The molecule has 2 aromatic carbocycles. The number of rotatable bonds is 4. The summed E-state index contributed by atoms with van der Waals surface area (Å²) in [5, 5.41) is 20.5. The summed E-state index contributed by atoms with van der Waals surface area (Å²) in [5.74, 6) is 0.233. The summed E-state index contributed by atoms with van der Waals surface area (Å²) < 4.78 is 1.74. The van der Waals surface area contributed by atoms with Gasteiger partial charge in [-0.25, -0.2) is 0 Å². The highest BCUT2D eigenvalue weighted by molar-refractivity contribution is 14.1. The van der Waals surface area contributed by atoms with Crippen LogP contribution < -0.4 is 0 Å². The second-order valence-corrected chi connectivity index (χ2v) is 8.25. The first-order valence-corrected chi connectivity index (χ1v) is 10.8. The Kier molecular flexibility index (Phi) is 5.27. The van der Waals surface area contributed by atoms with E-state index in [0.29, 0.717) is 16.2 Å². The van der Waals surface area contributed by atoms with Gasteiger partial charge in [-0.15, -0.1) is 15.0 Å². The van der Waals surface area contributed by atoms with Crippen molar-refractivity contribution in [2.75, 3.05) is 4.43 Å². The maximum Gasteiger partial charge on any atom is 0.146 e. The van der Waals surface area contributed by atoms with E-state index in [1.165, 1.54) is 4.80 Å². The zero-order valence-electron chi connectivity index (χ0n) is 13.2. The third-order valence-corrected chi connectivity index (χ3v) is 6.95. The van der Waals surface area contributed by atoms with Crippen molar-refractivity contribution >= 4 is 67.8 Å². The fourth-order valence-corrected chi connectivity index (χ4v) is 3.51. The Morgan fingerprint density at radius 3 is 2.50 bits per heavy atom. The van der Waals surface area contributed by atoms with E-state index in [4.69, 9.17) is 11.6 Å². The molecule has 0 saturated carbocycles. The summed E-state index contributed by atoms with van der Waals surface area (Å²) in [4.78, 5) is 1.50. The van der Waals surface area contributed by atoms with Gasteiger partial charge in [0, 0.05) is 24.9 Å². The molecular weight excluding hydrogens is 551 g/mol. The van der Waals surface area contributed by atoms with Crippen molar-refractivity contribution in [2.24, 2.45) is 0 Å². The lowest BCUT2D eigenvalue weighted by molar-refractivity contribution is 0.443. The molecule has 0 amide bonds. The van der Waals surface area contributed by atoms with Crippen LogP contribution >= 0.6 is 56.8 Å². The average molecular weight is 568 g/mol. The van der Waals surface area contributed by atoms with Crippen molar-refractivity contribution in [3.05, 3.63) is 46.5 Å². The smallest absolute Gasteiger partial charge is 0.146 e. The number of phenolic OH excluding ortho intramolecular Hbond substituents is 1.